The molecule has 1 amide bonds. The summed E-state index contributed by atoms with van der Waals surface area (Å²) >= 11 is 0. The molecule has 1 aliphatic rings. The number of nitrogens with two attached hydrogens (primary N) is 1. The lowest BCUT2D eigenvalue weighted by Gasteiger charge is -2.16. The van der Waals surface area contributed by atoms with Crippen molar-refractivity contribution in [2.75, 3.05) is 13.7 Å². The third-order valence-corrected chi connectivity index (χ3v) is 4.46. The SMILES string of the molecule is COc1ccc(-c2ccc(C(=O)NC(CN)C3CC3)c(F)c2)c(F)c1.Cl. The van der Waals surface area contributed by atoms with E-state index in [1.165, 1.54) is 31.4 Å². The molecule has 26 heavy (non-hydrogen) atoms. The van der Waals surface area contributed by atoms with Crippen LogP contribution in [0, 0.1) is 17.6 Å². The lowest BCUT2D eigenvalue weighted by molar-refractivity contribution is 0.0929. The van der Waals surface area contributed by atoms with E-state index in [1.807, 2.05) is 0 Å². The Morgan fingerprint density at radius 2 is 1.96 bits per heavy atom. The van der Waals surface area contributed by atoms with Crippen molar-refractivity contribution in [2.24, 2.45) is 11.7 Å². The van der Waals surface area contributed by atoms with Crippen LogP contribution in [0.25, 0.3) is 11.1 Å². The molecule has 0 saturated heterocycles. The van der Waals surface area contributed by atoms with Crippen LogP contribution in [0.4, 0.5) is 8.78 Å². The third kappa shape index (κ3) is 4.31. The Kier molecular flexibility index (Phi) is 6.56. The highest BCUT2D eigenvalue weighted by molar-refractivity contribution is 5.95. The van der Waals surface area contributed by atoms with E-state index < -0.39 is 17.5 Å². The monoisotopic (exact) mass is 382 g/mol. The van der Waals surface area contributed by atoms with Crippen molar-refractivity contribution in [3.05, 3.63) is 53.6 Å². The highest BCUT2D eigenvalue weighted by Crippen LogP contribution is 2.32. The first-order valence-corrected chi connectivity index (χ1v) is 8.18. The van der Waals surface area contributed by atoms with Crippen LogP contribution in [0.2, 0.25) is 0 Å². The van der Waals surface area contributed by atoms with E-state index in [0.717, 1.165) is 18.9 Å². The number of ether oxygens (including phenoxy) is 1. The largest absolute Gasteiger partial charge is 0.497 e. The molecule has 0 aromatic heterocycles. The van der Waals surface area contributed by atoms with Gasteiger partial charge in [0.2, 0.25) is 0 Å². The van der Waals surface area contributed by atoms with Crippen LogP contribution in [-0.4, -0.2) is 25.6 Å². The molecule has 3 N–H and O–H groups in total. The number of benzene rings is 2. The van der Waals surface area contributed by atoms with Gasteiger partial charge in [0.15, 0.2) is 0 Å². The summed E-state index contributed by atoms with van der Waals surface area (Å²) in [5, 5.41) is 2.78. The summed E-state index contributed by atoms with van der Waals surface area (Å²) in [7, 11) is 1.44. The molecule has 3 rings (SSSR count). The van der Waals surface area contributed by atoms with Gasteiger partial charge in [0, 0.05) is 24.2 Å². The first kappa shape index (κ1) is 20.1. The summed E-state index contributed by atoms with van der Waals surface area (Å²) < 4.78 is 33.5. The van der Waals surface area contributed by atoms with Gasteiger partial charge in [-0.25, -0.2) is 8.78 Å². The molecule has 4 nitrogen and oxygen atoms in total. The van der Waals surface area contributed by atoms with Crippen molar-refractivity contribution in [1.29, 1.82) is 0 Å². The Morgan fingerprint density at radius 1 is 1.23 bits per heavy atom. The first-order valence-electron chi connectivity index (χ1n) is 8.18. The topological polar surface area (TPSA) is 64.3 Å². The van der Waals surface area contributed by atoms with Gasteiger partial charge in [0.05, 0.1) is 12.7 Å². The molecule has 2 aromatic rings. The van der Waals surface area contributed by atoms with Crippen LogP contribution >= 0.6 is 12.4 Å². The first-order chi connectivity index (χ1) is 12.0. The number of methoxy groups -OCH3 is 1. The Balaban J connectivity index is 0.00000243. The molecular formula is C19H21ClF2N2O2. The molecule has 1 saturated carbocycles. The van der Waals surface area contributed by atoms with Crippen LogP contribution in [0.5, 0.6) is 5.75 Å². The van der Waals surface area contributed by atoms with E-state index in [0.29, 0.717) is 23.8 Å². The Hall–Kier alpha value is -2.18. The van der Waals surface area contributed by atoms with Crippen LogP contribution in [0.1, 0.15) is 23.2 Å². The van der Waals surface area contributed by atoms with Crippen LogP contribution in [-0.2, 0) is 0 Å². The number of nitrogens with one attached hydrogen (secondary N) is 1. The van der Waals surface area contributed by atoms with Gasteiger partial charge in [-0.2, -0.15) is 0 Å². The van der Waals surface area contributed by atoms with Crippen molar-refractivity contribution < 1.29 is 18.3 Å². The van der Waals surface area contributed by atoms with Crippen molar-refractivity contribution in [3.63, 3.8) is 0 Å². The molecule has 1 fully saturated rings. The molecule has 0 spiro atoms. The molecular weight excluding hydrogens is 362 g/mol. The van der Waals surface area contributed by atoms with Gasteiger partial charge in [0.1, 0.15) is 17.4 Å². The quantitative estimate of drug-likeness (QED) is 0.803. The highest BCUT2D eigenvalue weighted by atomic mass is 35.5. The summed E-state index contributed by atoms with van der Waals surface area (Å²) in [4.78, 5) is 12.3. The molecule has 140 valence electrons. The van der Waals surface area contributed by atoms with Gasteiger partial charge in [0.25, 0.3) is 5.91 Å². The Labute approximate surface area is 157 Å². The van der Waals surface area contributed by atoms with E-state index >= 15 is 0 Å². The van der Waals surface area contributed by atoms with Crippen molar-refractivity contribution >= 4 is 18.3 Å². The van der Waals surface area contributed by atoms with Crippen LogP contribution in [0.15, 0.2) is 36.4 Å². The zero-order chi connectivity index (χ0) is 18.0. The average Bonchev–Trinajstić information content (AvgIpc) is 3.44. The summed E-state index contributed by atoms with van der Waals surface area (Å²) in [6, 6.07) is 8.26. The molecule has 7 heteroatoms. The number of hydrogen-bond acceptors (Lipinski definition) is 3. The number of halogens is 3. The smallest absolute Gasteiger partial charge is 0.254 e. The Bertz CT molecular complexity index is 797. The predicted octanol–water partition coefficient (Wildman–Crippen LogP) is 3.53. The standard InChI is InChI=1S/C19H20F2N2O2.ClH/c1-25-13-5-7-14(17(21)9-13)12-4-6-15(16(20)8-12)19(24)23-18(10-22)11-2-3-11;/h4-9,11,18H,2-3,10,22H2,1H3,(H,23,24);1H. The summed E-state index contributed by atoms with van der Waals surface area (Å²) in [6.45, 7) is 0.327. The second-order valence-electron chi connectivity index (χ2n) is 6.19. The van der Waals surface area contributed by atoms with Crippen LogP contribution < -0.4 is 15.8 Å². The van der Waals surface area contributed by atoms with Gasteiger partial charge in [-0.1, -0.05) is 6.07 Å². The maximum atomic E-state index is 14.4. The molecule has 1 unspecified atom stereocenters. The van der Waals surface area contributed by atoms with E-state index in [1.54, 1.807) is 6.07 Å². The summed E-state index contributed by atoms with van der Waals surface area (Å²) in [6.07, 6.45) is 2.06. The van der Waals surface area contributed by atoms with Crippen LogP contribution in [0.3, 0.4) is 0 Å². The molecule has 0 heterocycles. The maximum Gasteiger partial charge on any atom is 0.254 e. The number of rotatable bonds is 6. The fourth-order valence-electron chi connectivity index (χ4n) is 2.84. The van der Waals surface area contributed by atoms with Gasteiger partial charge >= 0.3 is 0 Å². The second-order valence-corrected chi connectivity index (χ2v) is 6.19. The number of hydrogen-bond donors (Lipinski definition) is 2. The number of carbonyl (C=O) groups excluding carboxylic acids is 1. The van der Waals surface area contributed by atoms with E-state index in [4.69, 9.17) is 10.5 Å². The zero-order valence-corrected chi connectivity index (χ0v) is 15.1. The lowest BCUT2D eigenvalue weighted by atomic mass is 10.0. The number of carbonyl (C=O) groups is 1. The van der Waals surface area contributed by atoms with Gasteiger partial charge in [-0.15, -0.1) is 12.4 Å². The minimum atomic E-state index is -0.697. The molecule has 1 aliphatic carbocycles. The molecule has 0 aliphatic heterocycles. The average molecular weight is 383 g/mol. The summed E-state index contributed by atoms with van der Waals surface area (Å²) in [5.41, 5.74) is 6.18. The zero-order valence-electron chi connectivity index (χ0n) is 14.3. The normalized spacial score (nSPS) is 14.3. The molecule has 0 radical (unpaired) electrons. The predicted molar refractivity (Wildman–Crippen MR) is 98.6 cm³/mol. The van der Waals surface area contributed by atoms with Crippen molar-refractivity contribution in [2.45, 2.75) is 18.9 Å². The maximum absolute atomic E-state index is 14.4. The lowest BCUT2D eigenvalue weighted by Crippen LogP contribution is -2.42. The number of amides is 1. The van der Waals surface area contributed by atoms with E-state index in [2.05, 4.69) is 5.32 Å². The van der Waals surface area contributed by atoms with Gasteiger partial charge in [-0.3, -0.25) is 4.79 Å². The van der Waals surface area contributed by atoms with Gasteiger partial charge in [-0.05, 0) is 48.6 Å². The molecule has 1 atom stereocenters. The third-order valence-electron chi connectivity index (χ3n) is 4.46. The Morgan fingerprint density at radius 3 is 2.50 bits per heavy atom. The molecule has 0 bridgehead atoms. The highest BCUT2D eigenvalue weighted by Gasteiger charge is 2.31. The summed E-state index contributed by atoms with van der Waals surface area (Å²) in [5.74, 6) is -0.957. The van der Waals surface area contributed by atoms with Crippen molar-refractivity contribution in [3.8, 4) is 16.9 Å². The van der Waals surface area contributed by atoms with Crippen molar-refractivity contribution in [1.82, 2.24) is 5.32 Å². The van der Waals surface area contributed by atoms with E-state index in [-0.39, 0.29) is 29.6 Å². The molecule has 2 aromatic carbocycles. The second kappa shape index (κ2) is 8.47. The fourth-order valence-corrected chi connectivity index (χ4v) is 2.84. The van der Waals surface area contributed by atoms with E-state index in [9.17, 15) is 13.6 Å². The minimum absolute atomic E-state index is 0. The minimum Gasteiger partial charge on any atom is -0.497 e. The fraction of sp³-hybridized carbons (Fsp3) is 0.316. The van der Waals surface area contributed by atoms with Gasteiger partial charge < -0.3 is 15.8 Å².